The molecular formula is C28H47N7O3. The molecular weight excluding hydrogens is 482 g/mol. The number of hydrogen-bond donors (Lipinski definition) is 3. The Bertz CT molecular complexity index is 857. The normalized spacial score (nSPS) is 26.9. The second-order valence-electron chi connectivity index (χ2n) is 11.5. The van der Waals surface area contributed by atoms with E-state index in [1.807, 2.05) is 11.8 Å². The van der Waals surface area contributed by atoms with Crippen LogP contribution in [0.25, 0.3) is 0 Å². The second kappa shape index (κ2) is 14.1. The number of likely N-dealkylation sites (tertiary alicyclic amines) is 1. The fourth-order valence-corrected chi connectivity index (χ4v) is 6.52. The zero-order valence-electron chi connectivity index (χ0n) is 23.2. The molecule has 212 valence electrons. The van der Waals surface area contributed by atoms with Crippen molar-refractivity contribution in [2.24, 2.45) is 10.9 Å². The van der Waals surface area contributed by atoms with Gasteiger partial charge in [-0.25, -0.2) is 9.79 Å². The first kappa shape index (κ1) is 28.6. The maximum absolute atomic E-state index is 13.9. The number of morpholine rings is 1. The van der Waals surface area contributed by atoms with Crippen molar-refractivity contribution in [2.45, 2.75) is 102 Å². The van der Waals surface area contributed by atoms with E-state index in [0.717, 1.165) is 19.4 Å². The van der Waals surface area contributed by atoms with E-state index in [9.17, 15) is 14.9 Å². The minimum Gasteiger partial charge on any atom is -0.378 e. The van der Waals surface area contributed by atoms with E-state index in [4.69, 9.17) is 9.73 Å². The number of urea groups is 1. The number of hydrogen-bond acceptors (Lipinski definition) is 6. The molecule has 0 spiro atoms. The molecule has 2 aliphatic carbocycles. The number of carbonyl (C=O) groups is 2. The summed E-state index contributed by atoms with van der Waals surface area (Å²) in [4.78, 5) is 35.7. The third-order valence-electron chi connectivity index (χ3n) is 8.70. The van der Waals surface area contributed by atoms with Gasteiger partial charge in [0, 0.05) is 38.8 Å². The van der Waals surface area contributed by atoms with Crippen molar-refractivity contribution in [1.29, 1.82) is 5.26 Å². The predicted octanol–water partition coefficient (Wildman–Crippen LogP) is 2.75. The molecule has 3 amide bonds. The first-order valence-corrected chi connectivity index (χ1v) is 14.9. The highest BCUT2D eigenvalue weighted by molar-refractivity contribution is 5.97. The fourth-order valence-electron chi connectivity index (χ4n) is 6.52. The number of rotatable bonds is 7. The Labute approximate surface area is 227 Å². The van der Waals surface area contributed by atoms with Crippen LogP contribution in [0.4, 0.5) is 4.79 Å². The van der Waals surface area contributed by atoms with E-state index in [1.54, 1.807) is 0 Å². The highest BCUT2D eigenvalue weighted by Crippen LogP contribution is 2.31. The van der Waals surface area contributed by atoms with E-state index in [0.29, 0.717) is 70.2 Å². The van der Waals surface area contributed by atoms with E-state index in [1.165, 1.54) is 51.4 Å². The lowest BCUT2D eigenvalue weighted by molar-refractivity contribution is -0.124. The number of nitrogens with zero attached hydrogens (tertiary/aromatic N) is 4. The molecule has 2 saturated heterocycles. The third-order valence-corrected chi connectivity index (χ3v) is 8.70. The first-order chi connectivity index (χ1) is 18.5. The summed E-state index contributed by atoms with van der Waals surface area (Å²) in [5.41, 5.74) is -0.888. The van der Waals surface area contributed by atoms with Crippen molar-refractivity contribution in [3.8, 4) is 6.07 Å². The van der Waals surface area contributed by atoms with Crippen molar-refractivity contribution in [2.75, 3.05) is 45.9 Å². The molecule has 0 aromatic carbocycles. The Kier molecular flexibility index (Phi) is 10.6. The Hall–Kier alpha value is -2.38. The van der Waals surface area contributed by atoms with E-state index in [-0.39, 0.29) is 11.9 Å². The average molecular weight is 530 g/mol. The quantitative estimate of drug-likeness (QED) is 0.344. The molecule has 0 radical (unpaired) electrons. The summed E-state index contributed by atoms with van der Waals surface area (Å²) in [6.07, 6.45) is 13.2. The molecule has 4 rings (SSSR count). The standard InChI is InChI=1S/C28H47N7O3/c1-2-30-27(37)32-26(34-15-17-38-18-16-34)31-24(19-22-9-5-3-6-10-22)25(36)33-28(20-29)13-14-35(21-28)23-11-7-4-8-12-23/h22-24H,2-19,21H2,1H3,(H,33,36)(H2,30,31,32,37). The monoisotopic (exact) mass is 529 g/mol. The van der Waals surface area contributed by atoms with Crippen LogP contribution in [0.5, 0.6) is 0 Å². The van der Waals surface area contributed by atoms with Crippen molar-refractivity contribution < 1.29 is 14.3 Å². The van der Waals surface area contributed by atoms with Crippen molar-refractivity contribution in [3.05, 3.63) is 0 Å². The highest BCUT2D eigenvalue weighted by Gasteiger charge is 2.43. The summed E-state index contributed by atoms with van der Waals surface area (Å²) < 4.78 is 5.51. The molecule has 2 aliphatic heterocycles. The zero-order chi connectivity index (χ0) is 26.8. The Morgan fingerprint density at radius 3 is 2.39 bits per heavy atom. The van der Waals surface area contributed by atoms with Gasteiger partial charge in [-0.3, -0.25) is 15.0 Å². The van der Waals surface area contributed by atoms with Gasteiger partial charge in [-0.05, 0) is 38.5 Å². The minimum absolute atomic E-state index is 0.203. The number of ether oxygens (including phenoxy) is 1. The number of nitriles is 1. The maximum Gasteiger partial charge on any atom is 0.321 e. The summed E-state index contributed by atoms with van der Waals surface area (Å²) in [5.74, 6) is 0.626. The number of guanidine groups is 1. The van der Waals surface area contributed by atoms with Gasteiger partial charge in [0.2, 0.25) is 11.9 Å². The Morgan fingerprint density at radius 1 is 1.05 bits per heavy atom. The Morgan fingerprint density at radius 2 is 1.74 bits per heavy atom. The summed E-state index contributed by atoms with van der Waals surface area (Å²) in [6, 6.07) is 2.00. The topological polar surface area (TPSA) is 122 Å². The maximum atomic E-state index is 13.9. The van der Waals surface area contributed by atoms with Crippen LogP contribution in [0.15, 0.2) is 4.99 Å². The van der Waals surface area contributed by atoms with Crippen LogP contribution >= 0.6 is 0 Å². The van der Waals surface area contributed by atoms with Gasteiger partial charge in [-0.1, -0.05) is 51.4 Å². The fraction of sp³-hybridized carbons (Fsp3) is 0.857. The van der Waals surface area contributed by atoms with E-state index < -0.39 is 11.6 Å². The molecule has 2 heterocycles. The summed E-state index contributed by atoms with van der Waals surface area (Å²) in [7, 11) is 0. The zero-order valence-corrected chi connectivity index (χ0v) is 23.2. The van der Waals surface area contributed by atoms with Gasteiger partial charge in [-0.15, -0.1) is 0 Å². The number of carbonyl (C=O) groups excluding carboxylic acids is 2. The largest absolute Gasteiger partial charge is 0.378 e. The second-order valence-corrected chi connectivity index (χ2v) is 11.5. The van der Waals surface area contributed by atoms with Crippen molar-refractivity contribution in [3.63, 3.8) is 0 Å². The summed E-state index contributed by atoms with van der Waals surface area (Å²) >= 11 is 0. The van der Waals surface area contributed by atoms with Crippen LogP contribution in [-0.4, -0.2) is 91.3 Å². The molecule has 4 aliphatic rings. The molecule has 0 bridgehead atoms. The number of aliphatic imine (C=N–C) groups is 1. The van der Waals surface area contributed by atoms with Crippen molar-refractivity contribution in [1.82, 2.24) is 25.8 Å². The smallest absolute Gasteiger partial charge is 0.321 e. The average Bonchev–Trinajstić information content (AvgIpc) is 3.38. The van der Waals surface area contributed by atoms with Crippen LogP contribution in [0.1, 0.15) is 84.0 Å². The van der Waals surface area contributed by atoms with Crippen LogP contribution in [0.2, 0.25) is 0 Å². The lowest BCUT2D eigenvalue weighted by Gasteiger charge is -2.33. The van der Waals surface area contributed by atoms with Gasteiger partial charge in [-0.2, -0.15) is 5.26 Å². The molecule has 4 fully saturated rings. The van der Waals surface area contributed by atoms with E-state index in [2.05, 4.69) is 26.9 Å². The molecule has 0 aromatic heterocycles. The predicted molar refractivity (Wildman–Crippen MR) is 147 cm³/mol. The lowest BCUT2D eigenvalue weighted by atomic mass is 9.84. The van der Waals surface area contributed by atoms with Gasteiger partial charge >= 0.3 is 6.03 Å². The first-order valence-electron chi connectivity index (χ1n) is 14.9. The highest BCUT2D eigenvalue weighted by atomic mass is 16.5. The summed E-state index contributed by atoms with van der Waals surface area (Å²) in [6.45, 7) is 6.07. The molecule has 3 N–H and O–H groups in total. The van der Waals surface area contributed by atoms with Gasteiger partial charge < -0.3 is 20.3 Å². The van der Waals surface area contributed by atoms with Crippen molar-refractivity contribution >= 4 is 17.9 Å². The number of amides is 3. The minimum atomic E-state index is -0.888. The van der Waals surface area contributed by atoms with Crippen LogP contribution in [0.3, 0.4) is 0 Å². The van der Waals surface area contributed by atoms with Crippen LogP contribution in [-0.2, 0) is 9.53 Å². The summed E-state index contributed by atoms with van der Waals surface area (Å²) in [5, 5.41) is 19.1. The van der Waals surface area contributed by atoms with Gasteiger partial charge in [0.15, 0.2) is 0 Å². The SMILES string of the molecule is CCNC(=O)NC(=NC(CC1CCCCC1)C(=O)NC1(C#N)CCN(C2CCCCC2)C1)N1CCOCC1. The third kappa shape index (κ3) is 7.82. The van der Waals surface area contributed by atoms with Crippen LogP contribution < -0.4 is 16.0 Å². The molecule has 2 saturated carbocycles. The van der Waals surface area contributed by atoms with Gasteiger partial charge in [0.1, 0.15) is 11.6 Å². The molecule has 10 nitrogen and oxygen atoms in total. The lowest BCUT2D eigenvalue weighted by Crippen LogP contribution is -2.55. The molecule has 10 heteroatoms. The van der Waals surface area contributed by atoms with Crippen LogP contribution in [0, 0.1) is 17.2 Å². The molecule has 2 atom stereocenters. The number of nitrogens with one attached hydrogen (secondary N) is 3. The van der Waals surface area contributed by atoms with E-state index >= 15 is 0 Å². The van der Waals surface area contributed by atoms with Gasteiger partial charge in [0.05, 0.1) is 19.3 Å². The Balaban J connectivity index is 1.53. The molecule has 2 unspecified atom stereocenters. The molecule has 38 heavy (non-hydrogen) atoms. The molecule has 0 aromatic rings. The van der Waals surface area contributed by atoms with Gasteiger partial charge in [0.25, 0.3) is 0 Å².